The van der Waals surface area contributed by atoms with Crippen LogP contribution in [-0.4, -0.2) is 46.6 Å². The largest absolute Gasteiger partial charge is 0.368 e. The lowest BCUT2D eigenvalue weighted by Crippen LogP contribution is -2.42. The van der Waals surface area contributed by atoms with Crippen molar-refractivity contribution in [1.82, 2.24) is 20.1 Å². The maximum Gasteiger partial charge on any atom is 0.273 e. The maximum absolute atomic E-state index is 14.1. The summed E-state index contributed by atoms with van der Waals surface area (Å²) in [6.45, 7) is 0.538. The Hall–Kier alpha value is -2.57. The highest BCUT2D eigenvalue weighted by Crippen LogP contribution is 2.43. The van der Waals surface area contributed by atoms with Crippen molar-refractivity contribution in [2.24, 2.45) is 0 Å². The minimum atomic E-state index is -0.300. The van der Waals surface area contributed by atoms with E-state index in [1.807, 2.05) is 0 Å². The molecule has 1 amide bonds. The molecule has 0 aliphatic heterocycles. The zero-order valence-corrected chi connectivity index (χ0v) is 13.8. The number of nitrogens with zero attached hydrogens (tertiary/aromatic N) is 4. The average Bonchev–Trinajstić information content (AvgIpc) is 2.55. The predicted molar refractivity (Wildman–Crippen MR) is 88.3 cm³/mol. The molecule has 24 heavy (non-hydrogen) atoms. The standard InChI is InChI=1S/C17H20FN5O/c1-23(2)16(24)13-6-7-14(22-21-13)20-11-17(8-4-9-17)15-12(18)5-3-10-19-15/h3,5-7,10H,4,8-9,11H2,1-2H3,(H,20,22). The summed E-state index contributed by atoms with van der Waals surface area (Å²) >= 11 is 0. The van der Waals surface area contributed by atoms with Crippen molar-refractivity contribution in [3.05, 3.63) is 47.7 Å². The summed E-state index contributed by atoms with van der Waals surface area (Å²) in [5.41, 5.74) is 0.501. The van der Waals surface area contributed by atoms with Crippen molar-refractivity contribution in [3.8, 4) is 0 Å². The van der Waals surface area contributed by atoms with Gasteiger partial charge in [-0.15, -0.1) is 10.2 Å². The summed E-state index contributed by atoms with van der Waals surface area (Å²) in [6, 6.07) is 6.39. The SMILES string of the molecule is CN(C)C(=O)c1ccc(NCC2(c3ncccc3F)CCC2)nn1. The lowest BCUT2D eigenvalue weighted by Gasteiger charge is -2.41. The Morgan fingerprint density at radius 1 is 1.29 bits per heavy atom. The quantitative estimate of drug-likeness (QED) is 0.911. The van der Waals surface area contributed by atoms with Crippen LogP contribution in [0.25, 0.3) is 0 Å². The fourth-order valence-electron chi connectivity index (χ4n) is 2.91. The fraction of sp³-hybridized carbons (Fsp3) is 0.412. The Balaban J connectivity index is 1.71. The van der Waals surface area contributed by atoms with Crippen molar-refractivity contribution in [3.63, 3.8) is 0 Å². The van der Waals surface area contributed by atoms with Crippen molar-refractivity contribution < 1.29 is 9.18 Å². The van der Waals surface area contributed by atoms with Gasteiger partial charge >= 0.3 is 0 Å². The molecule has 1 aliphatic carbocycles. The average molecular weight is 329 g/mol. The first-order valence-electron chi connectivity index (χ1n) is 7.92. The van der Waals surface area contributed by atoms with Gasteiger partial charge < -0.3 is 10.2 Å². The zero-order valence-electron chi connectivity index (χ0n) is 13.8. The molecule has 0 atom stereocenters. The van der Waals surface area contributed by atoms with Crippen LogP contribution in [0, 0.1) is 5.82 Å². The molecule has 1 saturated carbocycles. The summed E-state index contributed by atoms with van der Waals surface area (Å²) in [4.78, 5) is 17.5. The van der Waals surface area contributed by atoms with Gasteiger partial charge in [0.1, 0.15) is 11.6 Å². The minimum Gasteiger partial charge on any atom is -0.368 e. The molecule has 3 rings (SSSR count). The van der Waals surface area contributed by atoms with Gasteiger partial charge in [-0.25, -0.2) is 4.39 Å². The van der Waals surface area contributed by atoms with Gasteiger partial charge in [0.25, 0.3) is 5.91 Å². The molecule has 2 heterocycles. The summed E-state index contributed by atoms with van der Waals surface area (Å²) < 4.78 is 14.1. The maximum atomic E-state index is 14.1. The number of nitrogens with one attached hydrogen (secondary N) is 1. The monoisotopic (exact) mass is 329 g/mol. The van der Waals surface area contributed by atoms with Crippen LogP contribution in [0.3, 0.4) is 0 Å². The van der Waals surface area contributed by atoms with Gasteiger partial charge in [-0.05, 0) is 37.1 Å². The number of carbonyl (C=O) groups excluding carboxylic acids is 1. The first-order valence-corrected chi connectivity index (χ1v) is 7.92. The molecular formula is C17H20FN5O. The molecule has 2 aromatic heterocycles. The second-order valence-electron chi connectivity index (χ2n) is 6.32. The van der Waals surface area contributed by atoms with E-state index in [1.54, 1.807) is 38.5 Å². The summed E-state index contributed by atoms with van der Waals surface area (Å²) in [5, 5.41) is 11.2. The van der Waals surface area contributed by atoms with Crippen LogP contribution in [0.2, 0.25) is 0 Å². The number of pyridine rings is 1. The predicted octanol–water partition coefficient (Wildman–Crippen LogP) is 2.25. The number of anilines is 1. The van der Waals surface area contributed by atoms with E-state index in [1.165, 1.54) is 11.0 Å². The molecule has 126 valence electrons. The van der Waals surface area contributed by atoms with Crippen LogP contribution in [0.1, 0.15) is 35.4 Å². The summed E-state index contributed by atoms with van der Waals surface area (Å²) in [6.07, 6.45) is 4.46. The molecule has 0 spiro atoms. The summed E-state index contributed by atoms with van der Waals surface area (Å²) in [7, 11) is 3.33. The third kappa shape index (κ3) is 3.06. The second-order valence-corrected chi connectivity index (χ2v) is 6.32. The number of carbonyl (C=O) groups is 1. The third-order valence-corrected chi connectivity index (χ3v) is 4.47. The van der Waals surface area contributed by atoms with Gasteiger partial charge in [-0.2, -0.15) is 0 Å². The first-order chi connectivity index (χ1) is 11.5. The second kappa shape index (κ2) is 6.51. The van der Waals surface area contributed by atoms with Crippen molar-refractivity contribution in [2.45, 2.75) is 24.7 Å². The number of rotatable bonds is 5. The van der Waals surface area contributed by atoms with Crippen LogP contribution in [-0.2, 0) is 5.41 Å². The Kier molecular flexibility index (Phi) is 4.42. The highest BCUT2D eigenvalue weighted by molar-refractivity contribution is 5.91. The van der Waals surface area contributed by atoms with E-state index in [0.717, 1.165) is 19.3 Å². The van der Waals surface area contributed by atoms with E-state index in [-0.39, 0.29) is 17.1 Å². The van der Waals surface area contributed by atoms with Gasteiger partial charge in [0, 0.05) is 32.3 Å². The molecular weight excluding hydrogens is 309 g/mol. The molecule has 0 aromatic carbocycles. The van der Waals surface area contributed by atoms with Crippen LogP contribution in [0.5, 0.6) is 0 Å². The molecule has 2 aromatic rings. The highest BCUT2D eigenvalue weighted by atomic mass is 19.1. The zero-order chi connectivity index (χ0) is 17.2. The van der Waals surface area contributed by atoms with Crippen molar-refractivity contribution in [1.29, 1.82) is 0 Å². The van der Waals surface area contributed by atoms with E-state index in [4.69, 9.17) is 0 Å². The van der Waals surface area contributed by atoms with E-state index in [9.17, 15) is 9.18 Å². The topological polar surface area (TPSA) is 71.0 Å². The van der Waals surface area contributed by atoms with Crippen LogP contribution in [0.4, 0.5) is 10.2 Å². The van der Waals surface area contributed by atoms with Crippen LogP contribution < -0.4 is 5.32 Å². The molecule has 1 N–H and O–H groups in total. The van der Waals surface area contributed by atoms with E-state index in [2.05, 4.69) is 20.5 Å². The lowest BCUT2D eigenvalue weighted by molar-refractivity contribution is 0.0821. The van der Waals surface area contributed by atoms with E-state index >= 15 is 0 Å². The Morgan fingerprint density at radius 3 is 2.62 bits per heavy atom. The van der Waals surface area contributed by atoms with Crippen molar-refractivity contribution >= 4 is 11.7 Å². The number of hydrogen-bond donors (Lipinski definition) is 1. The third-order valence-electron chi connectivity index (χ3n) is 4.47. The normalized spacial score (nSPS) is 15.5. The Labute approximate surface area is 140 Å². The van der Waals surface area contributed by atoms with Gasteiger partial charge in [0.05, 0.1) is 5.69 Å². The minimum absolute atomic E-state index is 0.194. The lowest BCUT2D eigenvalue weighted by atomic mass is 9.66. The van der Waals surface area contributed by atoms with Gasteiger partial charge in [-0.1, -0.05) is 6.42 Å². The molecule has 1 fully saturated rings. The Morgan fingerprint density at radius 2 is 2.08 bits per heavy atom. The van der Waals surface area contributed by atoms with Crippen LogP contribution >= 0.6 is 0 Å². The van der Waals surface area contributed by atoms with E-state index < -0.39 is 0 Å². The highest BCUT2D eigenvalue weighted by Gasteiger charge is 2.41. The molecule has 0 saturated heterocycles. The summed E-state index contributed by atoms with van der Waals surface area (Å²) in [5.74, 6) is 0.102. The Bertz CT molecular complexity index is 728. The number of aromatic nitrogens is 3. The number of halogens is 1. The molecule has 0 bridgehead atoms. The molecule has 1 aliphatic rings. The van der Waals surface area contributed by atoms with E-state index in [0.29, 0.717) is 23.8 Å². The molecule has 0 unspecified atom stereocenters. The number of hydrogen-bond acceptors (Lipinski definition) is 5. The van der Waals surface area contributed by atoms with Gasteiger partial charge in [0.2, 0.25) is 0 Å². The first kappa shape index (κ1) is 16.3. The number of amides is 1. The molecule has 0 radical (unpaired) electrons. The van der Waals surface area contributed by atoms with Gasteiger partial charge in [0.15, 0.2) is 5.69 Å². The van der Waals surface area contributed by atoms with Crippen LogP contribution in [0.15, 0.2) is 30.5 Å². The van der Waals surface area contributed by atoms with Gasteiger partial charge in [-0.3, -0.25) is 9.78 Å². The smallest absolute Gasteiger partial charge is 0.273 e. The van der Waals surface area contributed by atoms with Crippen molar-refractivity contribution in [2.75, 3.05) is 26.0 Å². The fourth-order valence-corrected chi connectivity index (χ4v) is 2.91. The molecule has 6 nitrogen and oxygen atoms in total. The molecule has 7 heteroatoms.